The summed E-state index contributed by atoms with van der Waals surface area (Å²) >= 11 is 1.93. The van der Waals surface area contributed by atoms with Crippen LogP contribution in [0.2, 0.25) is 0 Å². The predicted molar refractivity (Wildman–Crippen MR) is 73.7 cm³/mol. The van der Waals surface area contributed by atoms with Crippen LogP contribution in [0, 0.1) is 0 Å². The molecule has 1 aliphatic carbocycles. The SMILES string of the molecule is CCNC1CCCc2nc(CCN(C)C)sc21. The molecule has 1 aromatic heterocycles. The maximum Gasteiger partial charge on any atom is 0.0944 e. The Bertz CT molecular complexity index is 360. The van der Waals surface area contributed by atoms with Crippen LogP contribution in [0.3, 0.4) is 0 Å². The van der Waals surface area contributed by atoms with Gasteiger partial charge in [-0.3, -0.25) is 0 Å². The minimum Gasteiger partial charge on any atom is -0.309 e. The minimum atomic E-state index is 0.564. The van der Waals surface area contributed by atoms with Crippen LogP contribution in [0.1, 0.15) is 41.4 Å². The van der Waals surface area contributed by atoms with E-state index in [1.165, 1.54) is 34.8 Å². The van der Waals surface area contributed by atoms with Gasteiger partial charge >= 0.3 is 0 Å². The number of rotatable bonds is 5. The zero-order valence-electron chi connectivity index (χ0n) is 11.1. The summed E-state index contributed by atoms with van der Waals surface area (Å²) in [6.45, 7) is 4.33. The topological polar surface area (TPSA) is 28.2 Å². The molecule has 0 fully saturated rings. The Balaban J connectivity index is 2.07. The third kappa shape index (κ3) is 3.27. The molecule has 1 heterocycles. The smallest absolute Gasteiger partial charge is 0.0944 e. The molecular formula is C13H23N3S. The van der Waals surface area contributed by atoms with E-state index < -0.39 is 0 Å². The summed E-state index contributed by atoms with van der Waals surface area (Å²) in [6.07, 6.45) is 4.82. The summed E-state index contributed by atoms with van der Waals surface area (Å²) in [4.78, 5) is 8.54. The molecular weight excluding hydrogens is 230 g/mol. The van der Waals surface area contributed by atoms with Crippen LogP contribution in [0.4, 0.5) is 0 Å². The van der Waals surface area contributed by atoms with Crippen molar-refractivity contribution in [1.82, 2.24) is 15.2 Å². The Morgan fingerprint density at radius 1 is 1.47 bits per heavy atom. The molecule has 0 aliphatic heterocycles. The molecule has 1 aromatic rings. The van der Waals surface area contributed by atoms with E-state index in [0.29, 0.717) is 6.04 Å². The summed E-state index contributed by atoms with van der Waals surface area (Å²) < 4.78 is 0. The molecule has 96 valence electrons. The molecule has 1 unspecified atom stereocenters. The zero-order valence-corrected chi connectivity index (χ0v) is 11.9. The number of hydrogen-bond donors (Lipinski definition) is 1. The van der Waals surface area contributed by atoms with Crippen LogP contribution in [-0.4, -0.2) is 37.1 Å². The molecule has 0 bridgehead atoms. The van der Waals surface area contributed by atoms with E-state index in [0.717, 1.165) is 19.5 Å². The lowest BCUT2D eigenvalue weighted by Gasteiger charge is -2.21. The van der Waals surface area contributed by atoms with E-state index in [1.54, 1.807) is 0 Å². The van der Waals surface area contributed by atoms with Gasteiger partial charge in [-0.25, -0.2) is 4.98 Å². The van der Waals surface area contributed by atoms with Gasteiger partial charge in [-0.05, 0) is 39.9 Å². The van der Waals surface area contributed by atoms with Crippen LogP contribution < -0.4 is 5.32 Å². The van der Waals surface area contributed by atoms with Crippen LogP contribution in [-0.2, 0) is 12.8 Å². The first-order chi connectivity index (χ1) is 8.20. The van der Waals surface area contributed by atoms with Gasteiger partial charge in [0.2, 0.25) is 0 Å². The third-order valence-electron chi connectivity index (χ3n) is 3.22. The highest BCUT2D eigenvalue weighted by Crippen LogP contribution is 2.34. The summed E-state index contributed by atoms with van der Waals surface area (Å²) in [5, 5.41) is 4.89. The first-order valence-electron chi connectivity index (χ1n) is 6.57. The van der Waals surface area contributed by atoms with Crippen molar-refractivity contribution < 1.29 is 0 Å². The van der Waals surface area contributed by atoms with Gasteiger partial charge < -0.3 is 10.2 Å². The molecule has 17 heavy (non-hydrogen) atoms. The van der Waals surface area contributed by atoms with Crippen molar-refractivity contribution in [3.63, 3.8) is 0 Å². The largest absolute Gasteiger partial charge is 0.309 e. The molecule has 0 radical (unpaired) electrons. The van der Waals surface area contributed by atoms with Crippen molar-refractivity contribution in [3.8, 4) is 0 Å². The van der Waals surface area contributed by atoms with E-state index in [-0.39, 0.29) is 0 Å². The lowest BCUT2D eigenvalue weighted by molar-refractivity contribution is 0.413. The Morgan fingerprint density at radius 3 is 3.00 bits per heavy atom. The fraction of sp³-hybridized carbons (Fsp3) is 0.769. The van der Waals surface area contributed by atoms with E-state index in [2.05, 4.69) is 31.2 Å². The van der Waals surface area contributed by atoms with Gasteiger partial charge in [-0.1, -0.05) is 6.92 Å². The summed E-state index contributed by atoms with van der Waals surface area (Å²) in [6, 6.07) is 0.564. The molecule has 0 amide bonds. The number of likely N-dealkylation sites (N-methyl/N-ethyl adjacent to an activating group) is 1. The van der Waals surface area contributed by atoms with Gasteiger partial charge in [0.15, 0.2) is 0 Å². The first-order valence-corrected chi connectivity index (χ1v) is 7.39. The number of nitrogens with one attached hydrogen (secondary N) is 1. The number of aryl methyl sites for hydroxylation is 1. The third-order valence-corrected chi connectivity index (χ3v) is 4.49. The number of thiazole rings is 1. The molecule has 3 nitrogen and oxygen atoms in total. The predicted octanol–water partition coefficient (Wildman–Crippen LogP) is 2.23. The first kappa shape index (κ1) is 13.0. The molecule has 0 saturated carbocycles. The van der Waals surface area contributed by atoms with Gasteiger partial charge in [0, 0.05) is 23.9 Å². The van der Waals surface area contributed by atoms with Gasteiger partial charge in [0.05, 0.1) is 10.7 Å². The van der Waals surface area contributed by atoms with Crippen LogP contribution in [0.25, 0.3) is 0 Å². The second kappa shape index (κ2) is 5.94. The van der Waals surface area contributed by atoms with Crippen LogP contribution in [0.15, 0.2) is 0 Å². The van der Waals surface area contributed by atoms with E-state index in [4.69, 9.17) is 4.98 Å². The average molecular weight is 253 g/mol. The molecule has 0 aromatic carbocycles. The Kier molecular flexibility index (Phi) is 4.54. The maximum atomic E-state index is 4.81. The molecule has 4 heteroatoms. The van der Waals surface area contributed by atoms with E-state index in [9.17, 15) is 0 Å². The van der Waals surface area contributed by atoms with Crippen molar-refractivity contribution in [2.24, 2.45) is 0 Å². The normalized spacial score (nSPS) is 19.6. The average Bonchev–Trinajstić information content (AvgIpc) is 2.71. The lowest BCUT2D eigenvalue weighted by atomic mass is 9.98. The molecule has 0 saturated heterocycles. The molecule has 1 N–H and O–H groups in total. The quantitative estimate of drug-likeness (QED) is 0.872. The van der Waals surface area contributed by atoms with Crippen molar-refractivity contribution in [2.75, 3.05) is 27.2 Å². The Hall–Kier alpha value is -0.450. The zero-order chi connectivity index (χ0) is 12.3. The van der Waals surface area contributed by atoms with Gasteiger partial charge in [-0.15, -0.1) is 11.3 Å². The standard InChI is InChI=1S/C13H23N3S/c1-4-14-10-6-5-7-11-13(10)17-12(15-11)8-9-16(2)3/h10,14H,4-9H2,1-3H3. The number of fused-ring (bicyclic) bond motifs is 1. The van der Waals surface area contributed by atoms with Crippen molar-refractivity contribution in [3.05, 3.63) is 15.6 Å². The van der Waals surface area contributed by atoms with E-state index >= 15 is 0 Å². The van der Waals surface area contributed by atoms with Gasteiger partial charge in [0.1, 0.15) is 0 Å². The molecule has 1 aliphatic rings. The second-order valence-electron chi connectivity index (χ2n) is 4.97. The van der Waals surface area contributed by atoms with E-state index in [1.807, 2.05) is 11.3 Å². The van der Waals surface area contributed by atoms with Gasteiger partial charge in [-0.2, -0.15) is 0 Å². The number of hydrogen-bond acceptors (Lipinski definition) is 4. The Morgan fingerprint density at radius 2 is 2.29 bits per heavy atom. The summed E-state index contributed by atoms with van der Waals surface area (Å²) in [5.74, 6) is 0. The number of nitrogens with zero attached hydrogens (tertiary/aromatic N) is 2. The van der Waals surface area contributed by atoms with Crippen LogP contribution >= 0.6 is 11.3 Å². The molecule has 1 atom stereocenters. The fourth-order valence-electron chi connectivity index (χ4n) is 2.34. The number of aromatic nitrogens is 1. The summed E-state index contributed by atoms with van der Waals surface area (Å²) in [5.41, 5.74) is 1.36. The van der Waals surface area contributed by atoms with Crippen molar-refractivity contribution >= 4 is 11.3 Å². The van der Waals surface area contributed by atoms with Crippen LogP contribution in [0.5, 0.6) is 0 Å². The molecule has 0 spiro atoms. The highest BCUT2D eigenvalue weighted by atomic mass is 32.1. The Labute approximate surface area is 108 Å². The minimum absolute atomic E-state index is 0.564. The highest BCUT2D eigenvalue weighted by molar-refractivity contribution is 7.11. The summed E-state index contributed by atoms with van der Waals surface area (Å²) in [7, 11) is 4.24. The van der Waals surface area contributed by atoms with Gasteiger partial charge in [0.25, 0.3) is 0 Å². The van der Waals surface area contributed by atoms with Crippen molar-refractivity contribution in [1.29, 1.82) is 0 Å². The monoisotopic (exact) mass is 253 g/mol. The van der Waals surface area contributed by atoms with Crippen molar-refractivity contribution in [2.45, 2.75) is 38.6 Å². The maximum absolute atomic E-state index is 4.81. The molecule has 2 rings (SSSR count). The highest BCUT2D eigenvalue weighted by Gasteiger charge is 2.23. The second-order valence-corrected chi connectivity index (χ2v) is 6.09. The lowest BCUT2D eigenvalue weighted by Crippen LogP contribution is -2.23. The fourth-order valence-corrected chi connectivity index (χ4v) is 3.55.